The maximum atomic E-state index is 6.17. The van der Waals surface area contributed by atoms with E-state index in [9.17, 15) is 0 Å². The van der Waals surface area contributed by atoms with Crippen molar-refractivity contribution < 1.29 is 0 Å². The molecule has 20 heavy (non-hydrogen) atoms. The van der Waals surface area contributed by atoms with Crippen molar-refractivity contribution in [2.24, 2.45) is 35.3 Å². The number of aryl methyl sites for hydroxylation is 2. The van der Waals surface area contributed by atoms with E-state index in [1.807, 2.05) is 6.92 Å². The fourth-order valence-electron chi connectivity index (χ4n) is 5.87. The average molecular weight is 274 g/mol. The molecule has 0 aliphatic heterocycles. The number of hydrogen-bond acceptors (Lipinski definition) is 3. The van der Waals surface area contributed by atoms with Gasteiger partial charge >= 0.3 is 0 Å². The van der Waals surface area contributed by atoms with Gasteiger partial charge in [-0.15, -0.1) is 0 Å². The molecule has 110 valence electrons. The van der Waals surface area contributed by atoms with Crippen molar-refractivity contribution in [3.8, 4) is 0 Å². The van der Waals surface area contributed by atoms with Crippen molar-refractivity contribution in [3.05, 3.63) is 11.6 Å². The molecule has 1 aromatic heterocycles. The smallest absolute Gasteiger partial charge is 0.147 e. The molecule has 5 rings (SSSR count). The molecule has 4 saturated carbocycles. The first kappa shape index (κ1) is 12.8. The van der Waals surface area contributed by atoms with E-state index in [-0.39, 0.29) is 0 Å². The Morgan fingerprint density at radius 1 is 1.10 bits per heavy atom. The van der Waals surface area contributed by atoms with Crippen LogP contribution in [0.4, 0.5) is 0 Å². The summed E-state index contributed by atoms with van der Waals surface area (Å²) in [6.45, 7) is 4.75. The van der Waals surface area contributed by atoms with Gasteiger partial charge in [-0.3, -0.25) is 0 Å². The number of rotatable bonds is 3. The van der Waals surface area contributed by atoms with Crippen LogP contribution < -0.4 is 5.73 Å². The van der Waals surface area contributed by atoms with E-state index < -0.39 is 0 Å². The van der Waals surface area contributed by atoms with E-state index in [0.717, 1.165) is 41.2 Å². The fraction of sp³-hybridized carbons (Fsp3) is 0.875. The standard InChI is InChI=1S/C16H26N4/c1-9-18-10(2)20(19-9)15(8-17)16-13-4-11-3-12(6-13)7-14(16)5-11/h11-16H,3-8,17H2,1-2H3. The highest BCUT2D eigenvalue weighted by Gasteiger charge is 2.50. The molecule has 1 aromatic rings. The molecule has 0 aromatic carbocycles. The van der Waals surface area contributed by atoms with Gasteiger partial charge < -0.3 is 5.73 Å². The van der Waals surface area contributed by atoms with E-state index in [1.54, 1.807) is 0 Å². The summed E-state index contributed by atoms with van der Waals surface area (Å²) >= 11 is 0. The van der Waals surface area contributed by atoms with Crippen molar-refractivity contribution in [1.82, 2.24) is 14.8 Å². The van der Waals surface area contributed by atoms with Crippen molar-refractivity contribution in [1.29, 1.82) is 0 Å². The minimum absolute atomic E-state index is 0.367. The van der Waals surface area contributed by atoms with Crippen LogP contribution in [0.2, 0.25) is 0 Å². The predicted octanol–water partition coefficient (Wildman–Crippen LogP) is 2.47. The molecular formula is C16H26N4. The van der Waals surface area contributed by atoms with Crippen LogP contribution in [0.25, 0.3) is 0 Å². The first-order valence-electron chi connectivity index (χ1n) is 8.25. The number of aromatic nitrogens is 3. The van der Waals surface area contributed by atoms with Crippen molar-refractivity contribution >= 4 is 0 Å². The lowest BCUT2D eigenvalue weighted by atomic mass is 9.50. The van der Waals surface area contributed by atoms with E-state index >= 15 is 0 Å². The topological polar surface area (TPSA) is 56.7 Å². The molecule has 4 aliphatic rings. The molecule has 4 bridgehead atoms. The molecule has 4 fully saturated rings. The van der Waals surface area contributed by atoms with Crippen LogP contribution in [0.5, 0.6) is 0 Å². The first-order valence-corrected chi connectivity index (χ1v) is 8.25. The maximum absolute atomic E-state index is 6.17. The molecule has 0 saturated heterocycles. The Bertz CT molecular complexity index is 479. The molecule has 2 N–H and O–H groups in total. The second-order valence-electron chi connectivity index (χ2n) is 7.46. The monoisotopic (exact) mass is 274 g/mol. The molecular weight excluding hydrogens is 248 g/mol. The summed E-state index contributed by atoms with van der Waals surface area (Å²) in [5.41, 5.74) is 6.17. The third-order valence-corrected chi connectivity index (χ3v) is 6.21. The van der Waals surface area contributed by atoms with E-state index in [1.165, 1.54) is 32.1 Å². The van der Waals surface area contributed by atoms with Gasteiger partial charge in [0, 0.05) is 6.54 Å². The molecule has 0 radical (unpaired) electrons. The molecule has 1 heterocycles. The minimum atomic E-state index is 0.367. The van der Waals surface area contributed by atoms with Gasteiger partial charge in [-0.05, 0) is 75.5 Å². The summed E-state index contributed by atoms with van der Waals surface area (Å²) in [4.78, 5) is 4.49. The summed E-state index contributed by atoms with van der Waals surface area (Å²) in [6.07, 6.45) is 7.29. The highest BCUT2D eigenvalue weighted by Crippen LogP contribution is 2.58. The van der Waals surface area contributed by atoms with Crippen LogP contribution in [0.3, 0.4) is 0 Å². The number of nitrogens with two attached hydrogens (primary N) is 1. The SMILES string of the molecule is Cc1nc(C)n(C(CN)C2C3CC4CC(C3)CC2C4)n1. The van der Waals surface area contributed by atoms with Crippen LogP contribution in [0.1, 0.15) is 49.8 Å². The van der Waals surface area contributed by atoms with Crippen LogP contribution in [-0.4, -0.2) is 21.3 Å². The summed E-state index contributed by atoms with van der Waals surface area (Å²) in [6, 6.07) is 0.367. The predicted molar refractivity (Wildman–Crippen MR) is 78.1 cm³/mol. The average Bonchev–Trinajstić information content (AvgIpc) is 2.72. The summed E-state index contributed by atoms with van der Waals surface area (Å²) in [5, 5.41) is 4.64. The molecule has 0 amide bonds. The van der Waals surface area contributed by atoms with E-state index in [4.69, 9.17) is 5.73 Å². The molecule has 1 atom stereocenters. The van der Waals surface area contributed by atoms with Gasteiger partial charge in [-0.25, -0.2) is 9.67 Å². The van der Waals surface area contributed by atoms with Gasteiger partial charge in [0.05, 0.1) is 6.04 Å². The lowest BCUT2D eigenvalue weighted by Gasteiger charge is -2.56. The van der Waals surface area contributed by atoms with Crippen molar-refractivity contribution in [2.75, 3.05) is 6.54 Å². The summed E-state index contributed by atoms with van der Waals surface area (Å²) < 4.78 is 2.14. The highest BCUT2D eigenvalue weighted by molar-refractivity contribution is 5.03. The Kier molecular flexibility index (Phi) is 2.92. The molecule has 4 aliphatic carbocycles. The van der Waals surface area contributed by atoms with Gasteiger partial charge in [0.1, 0.15) is 11.6 Å². The lowest BCUT2D eigenvalue weighted by molar-refractivity contribution is -0.0590. The molecule has 0 spiro atoms. The Morgan fingerprint density at radius 2 is 1.70 bits per heavy atom. The second-order valence-corrected chi connectivity index (χ2v) is 7.46. The zero-order chi connectivity index (χ0) is 13.9. The van der Waals surface area contributed by atoms with Gasteiger partial charge in [0.25, 0.3) is 0 Å². The minimum Gasteiger partial charge on any atom is -0.328 e. The van der Waals surface area contributed by atoms with Crippen LogP contribution in [-0.2, 0) is 0 Å². The van der Waals surface area contributed by atoms with Crippen molar-refractivity contribution in [2.45, 2.75) is 52.0 Å². The van der Waals surface area contributed by atoms with Gasteiger partial charge in [0.2, 0.25) is 0 Å². The van der Waals surface area contributed by atoms with E-state index in [2.05, 4.69) is 21.7 Å². The van der Waals surface area contributed by atoms with Gasteiger partial charge in [-0.2, -0.15) is 5.10 Å². The number of nitrogens with zero attached hydrogens (tertiary/aromatic N) is 3. The van der Waals surface area contributed by atoms with E-state index in [0.29, 0.717) is 12.6 Å². The van der Waals surface area contributed by atoms with Gasteiger partial charge in [-0.1, -0.05) is 0 Å². The van der Waals surface area contributed by atoms with Crippen LogP contribution in [0.15, 0.2) is 0 Å². The Labute approximate surface area is 121 Å². The van der Waals surface area contributed by atoms with Gasteiger partial charge in [0.15, 0.2) is 0 Å². The quantitative estimate of drug-likeness (QED) is 0.921. The lowest BCUT2D eigenvalue weighted by Crippen LogP contribution is -2.49. The first-order chi connectivity index (χ1) is 9.65. The third kappa shape index (κ3) is 1.84. The normalized spacial score (nSPS) is 40.2. The summed E-state index contributed by atoms with van der Waals surface area (Å²) in [5.74, 6) is 6.48. The molecule has 1 unspecified atom stereocenters. The largest absolute Gasteiger partial charge is 0.328 e. The Morgan fingerprint density at radius 3 is 2.15 bits per heavy atom. The Hall–Kier alpha value is -0.900. The summed E-state index contributed by atoms with van der Waals surface area (Å²) in [7, 11) is 0. The molecule has 4 heteroatoms. The number of hydrogen-bond donors (Lipinski definition) is 1. The fourth-order valence-corrected chi connectivity index (χ4v) is 5.87. The third-order valence-electron chi connectivity index (χ3n) is 6.21. The maximum Gasteiger partial charge on any atom is 0.147 e. The highest BCUT2D eigenvalue weighted by atomic mass is 15.4. The second kappa shape index (κ2) is 4.55. The van der Waals surface area contributed by atoms with Crippen LogP contribution in [0, 0.1) is 43.4 Å². The zero-order valence-electron chi connectivity index (χ0n) is 12.6. The molecule has 4 nitrogen and oxygen atoms in total. The van der Waals surface area contributed by atoms with Crippen molar-refractivity contribution in [3.63, 3.8) is 0 Å². The zero-order valence-corrected chi connectivity index (χ0v) is 12.6. The Balaban J connectivity index is 1.66. The van der Waals surface area contributed by atoms with Crippen LogP contribution >= 0.6 is 0 Å².